The molecule has 8 heteroatoms. The number of carbonyl (C=O) groups is 1. The molecule has 0 spiro atoms. The number of anilines is 2. The Bertz CT molecular complexity index is 931. The Morgan fingerprint density at radius 2 is 2.08 bits per heavy atom. The van der Waals surface area contributed by atoms with Gasteiger partial charge in [-0.15, -0.1) is 0 Å². The normalized spacial score (nSPS) is 15.7. The predicted molar refractivity (Wildman–Crippen MR) is 103 cm³/mol. The van der Waals surface area contributed by atoms with Crippen molar-refractivity contribution < 1.29 is 17.9 Å². The number of hydrogen-bond donors (Lipinski definition) is 1. The van der Waals surface area contributed by atoms with Crippen LogP contribution in [0.3, 0.4) is 0 Å². The second-order valence-electron chi connectivity index (χ2n) is 6.06. The molecule has 0 atom stereocenters. The van der Waals surface area contributed by atoms with Crippen LogP contribution in [0.5, 0.6) is 5.75 Å². The number of benzene rings is 2. The minimum Gasteiger partial charge on any atom is -0.484 e. The van der Waals surface area contributed by atoms with Crippen LogP contribution in [-0.2, 0) is 14.8 Å². The quantitative estimate of drug-likeness (QED) is 0.844. The molecule has 1 aliphatic heterocycles. The van der Waals surface area contributed by atoms with Crippen molar-refractivity contribution in [2.45, 2.75) is 13.3 Å². The van der Waals surface area contributed by atoms with E-state index >= 15 is 0 Å². The molecule has 1 heterocycles. The first-order chi connectivity index (χ1) is 12.3. The second-order valence-corrected chi connectivity index (χ2v) is 8.48. The molecule has 1 saturated heterocycles. The Kier molecular flexibility index (Phi) is 5.38. The number of nitrogens with one attached hydrogen (secondary N) is 1. The van der Waals surface area contributed by atoms with Gasteiger partial charge in [-0.3, -0.25) is 9.10 Å². The van der Waals surface area contributed by atoms with Gasteiger partial charge >= 0.3 is 0 Å². The van der Waals surface area contributed by atoms with E-state index in [1.165, 1.54) is 4.31 Å². The highest BCUT2D eigenvalue weighted by atomic mass is 35.5. The van der Waals surface area contributed by atoms with Crippen molar-refractivity contribution in [3.05, 3.63) is 53.1 Å². The fourth-order valence-corrected chi connectivity index (χ4v) is 4.58. The van der Waals surface area contributed by atoms with E-state index in [2.05, 4.69) is 5.32 Å². The molecular formula is C18H19ClN2O4S. The highest BCUT2D eigenvalue weighted by Crippen LogP contribution is 2.33. The molecule has 1 amide bonds. The molecule has 138 valence electrons. The lowest BCUT2D eigenvalue weighted by molar-refractivity contribution is -0.118. The summed E-state index contributed by atoms with van der Waals surface area (Å²) >= 11 is 6.15. The Morgan fingerprint density at radius 1 is 1.27 bits per heavy atom. The average molecular weight is 395 g/mol. The number of aryl methyl sites for hydroxylation is 1. The van der Waals surface area contributed by atoms with Gasteiger partial charge in [0.2, 0.25) is 10.0 Å². The SMILES string of the molecule is Cc1cccc(OCC(=O)Nc2ccc(Cl)c(N3CCCS3(=O)=O)c2)c1. The highest BCUT2D eigenvalue weighted by molar-refractivity contribution is 7.93. The van der Waals surface area contributed by atoms with Crippen LogP contribution in [0.1, 0.15) is 12.0 Å². The first kappa shape index (κ1) is 18.5. The fourth-order valence-electron chi connectivity index (χ4n) is 2.74. The van der Waals surface area contributed by atoms with Gasteiger partial charge in [0.25, 0.3) is 5.91 Å². The lowest BCUT2D eigenvalue weighted by Crippen LogP contribution is -2.26. The molecular weight excluding hydrogens is 376 g/mol. The number of hydrogen-bond acceptors (Lipinski definition) is 4. The molecule has 2 aromatic carbocycles. The number of carbonyl (C=O) groups excluding carboxylic acids is 1. The monoisotopic (exact) mass is 394 g/mol. The minimum atomic E-state index is -3.35. The van der Waals surface area contributed by atoms with Crippen LogP contribution in [0.4, 0.5) is 11.4 Å². The van der Waals surface area contributed by atoms with Gasteiger partial charge in [0.15, 0.2) is 6.61 Å². The smallest absolute Gasteiger partial charge is 0.262 e. The van der Waals surface area contributed by atoms with Crippen LogP contribution in [0.15, 0.2) is 42.5 Å². The molecule has 1 N–H and O–H groups in total. The molecule has 2 aromatic rings. The zero-order chi connectivity index (χ0) is 18.7. The Hall–Kier alpha value is -2.25. The van der Waals surface area contributed by atoms with Gasteiger partial charge < -0.3 is 10.1 Å². The first-order valence-electron chi connectivity index (χ1n) is 8.14. The molecule has 3 rings (SSSR count). The first-order valence-corrected chi connectivity index (χ1v) is 10.1. The van der Waals surface area contributed by atoms with E-state index in [0.29, 0.717) is 35.1 Å². The molecule has 0 bridgehead atoms. The largest absolute Gasteiger partial charge is 0.484 e. The zero-order valence-electron chi connectivity index (χ0n) is 14.2. The summed E-state index contributed by atoms with van der Waals surface area (Å²) in [4.78, 5) is 12.1. The van der Waals surface area contributed by atoms with Crippen LogP contribution >= 0.6 is 11.6 Å². The van der Waals surface area contributed by atoms with Gasteiger partial charge in [0.05, 0.1) is 16.5 Å². The van der Waals surface area contributed by atoms with Gasteiger partial charge in [0.1, 0.15) is 5.75 Å². The maximum absolute atomic E-state index is 12.1. The summed E-state index contributed by atoms with van der Waals surface area (Å²) in [6.45, 7) is 2.17. The molecule has 1 aliphatic rings. The summed E-state index contributed by atoms with van der Waals surface area (Å²) in [5.74, 6) is 0.369. The summed E-state index contributed by atoms with van der Waals surface area (Å²) in [6, 6.07) is 12.2. The summed E-state index contributed by atoms with van der Waals surface area (Å²) in [7, 11) is -3.35. The van der Waals surface area contributed by atoms with E-state index in [1.54, 1.807) is 24.3 Å². The zero-order valence-corrected chi connectivity index (χ0v) is 15.8. The summed E-state index contributed by atoms with van der Waals surface area (Å²) < 4.78 is 30.9. The number of halogens is 1. The third kappa shape index (κ3) is 4.28. The summed E-state index contributed by atoms with van der Waals surface area (Å²) in [5.41, 5.74) is 1.88. The summed E-state index contributed by atoms with van der Waals surface area (Å²) in [5, 5.41) is 3.02. The van der Waals surface area contributed by atoms with E-state index in [1.807, 2.05) is 25.1 Å². The molecule has 0 saturated carbocycles. The second kappa shape index (κ2) is 7.55. The van der Waals surface area contributed by atoms with Crippen molar-refractivity contribution in [1.29, 1.82) is 0 Å². The molecule has 1 fully saturated rings. The van der Waals surface area contributed by atoms with Crippen LogP contribution in [-0.4, -0.2) is 33.2 Å². The van der Waals surface area contributed by atoms with Crippen molar-refractivity contribution in [3.8, 4) is 5.75 Å². The number of amides is 1. The van der Waals surface area contributed by atoms with Crippen molar-refractivity contribution >= 4 is 38.9 Å². The highest BCUT2D eigenvalue weighted by Gasteiger charge is 2.30. The Morgan fingerprint density at radius 3 is 2.77 bits per heavy atom. The van der Waals surface area contributed by atoms with Crippen LogP contribution in [0.25, 0.3) is 0 Å². The van der Waals surface area contributed by atoms with Crippen LogP contribution in [0.2, 0.25) is 5.02 Å². The lowest BCUT2D eigenvalue weighted by Gasteiger charge is -2.19. The molecule has 0 aromatic heterocycles. The van der Waals surface area contributed by atoms with E-state index < -0.39 is 10.0 Å². The maximum atomic E-state index is 12.1. The van der Waals surface area contributed by atoms with Crippen molar-refractivity contribution in [2.75, 3.05) is 28.5 Å². The maximum Gasteiger partial charge on any atom is 0.262 e. The average Bonchev–Trinajstić information content (AvgIpc) is 2.94. The van der Waals surface area contributed by atoms with Gasteiger partial charge in [-0.2, -0.15) is 0 Å². The van der Waals surface area contributed by atoms with Gasteiger partial charge in [-0.1, -0.05) is 23.7 Å². The third-order valence-corrected chi connectivity index (χ3v) is 6.13. The van der Waals surface area contributed by atoms with Gasteiger partial charge in [-0.05, 0) is 49.2 Å². The van der Waals surface area contributed by atoms with Gasteiger partial charge in [-0.25, -0.2) is 8.42 Å². The molecule has 0 aliphatic carbocycles. The van der Waals surface area contributed by atoms with E-state index in [-0.39, 0.29) is 18.3 Å². The topological polar surface area (TPSA) is 75.7 Å². The predicted octanol–water partition coefficient (Wildman–Crippen LogP) is 3.21. The van der Waals surface area contributed by atoms with E-state index in [4.69, 9.17) is 16.3 Å². The minimum absolute atomic E-state index is 0.101. The van der Waals surface area contributed by atoms with Crippen molar-refractivity contribution in [3.63, 3.8) is 0 Å². The summed E-state index contributed by atoms with van der Waals surface area (Å²) in [6.07, 6.45) is 0.555. The lowest BCUT2D eigenvalue weighted by atomic mass is 10.2. The molecule has 26 heavy (non-hydrogen) atoms. The Balaban J connectivity index is 1.68. The van der Waals surface area contributed by atoms with Crippen molar-refractivity contribution in [2.24, 2.45) is 0 Å². The van der Waals surface area contributed by atoms with Crippen LogP contribution < -0.4 is 14.4 Å². The third-order valence-electron chi connectivity index (χ3n) is 3.96. The van der Waals surface area contributed by atoms with Crippen LogP contribution in [0, 0.1) is 6.92 Å². The number of sulfonamides is 1. The number of rotatable bonds is 5. The number of nitrogens with zero attached hydrogens (tertiary/aromatic N) is 1. The Labute approximate surface area is 157 Å². The van der Waals surface area contributed by atoms with E-state index in [0.717, 1.165) is 5.56 Å². The van der Waals surface area contributed by atoms with E-state index in [9.17, 15) is 13.2 Å². The number of ether oxygens (including phenoxy) is 1. The van der Waals surface area contributed by atoms with Crippen molar-refractivity contribution in [1.82, 2.24) is 0 Å². The molecule has 6 nitrogen and oxygen atoms in total. The van der Waals surface area contributed by atoms with Gasteiger partial charge in [0, 0.05) is 12.2 Å². The molecule has 0 radical (unpaired) electrons. The fraction of sp³-hybridized carbons (Fsp3) is 0.278. The standard InChI is InChI=1S/C18H19ClN2O4S/c1-13-4-2-5-15(10-13)25-12-18(22)20-14-6-7-16(19)17(11-14)21-8-3-9-26(21,23)24/h2,4-7,10-11H,3,8-9,12H2,1H3,(H,20,22). The molecule has 0 unspecified atom stereocenters.